The Bertz CT molecular complexity index is 961. The lowest BCUT2D eigenvalue weighted by Crippen LogP contribution is -2.19. The van der Waals surface area contributed by atoms with Crippen LogP contribution in [0, 0.1) is 5.92 Å². The van der Waals surface area contributed by atoms with Gasteiger partial charge in [0.15, 0.2) is 5.82 Å². The molecular weight excluding hydrogens is 366 g/mol. The first-order chi connectivity index (χ1) is 14.2. The number of hydrogen-bond donors (Lipinski definition) is 3. The van der Waals surface area contributed by atoms with Gasteiger partial charge in [0.25, 0.3) is 0 Å². The van der Waals surface area contributed by atoms with Crippen LogP contribution in [0.15, 0.2) is 48.5 Å². The van der Waals surface area contributed by atoms with Crippen LogP contribution in [0.2, 0.25) is 0 Å². The van der Waals surface area contributed by atoms with Gasteiger partial charge in [0.2, 0.25) is 0 Å². The van der Waals surface area contributed by atoms with E-state index >= 15 is 0 Å². The summed E-state index contributed by atoms with van der Waals surface area (Å²) in [6.45, 7) is 1.02. The third-order valence-electron chi connectivity index (χ3n) is 5.21. The summed E-state index contributed by atoms with van der Waals surface area (Å²) in [6, 6.07) is 14.9. The highest BCUT2D eigenvalue weighted by Crippen LogP contribution is 2.25. The Hall–Kier alpha value is -3.42. The maximum absolute atomic E-state index is 12.3. The van der Waals surface area contributed by atoms with Gasteiger partial charge in [-0.1, -0.05) is 25.0 Å². The number of nitrogens with one attached hydrogen (secondary N) is 3. The number of aryl methyl sites for hydroxylation is 1. The number of aromatic nitrogens is 4. The molecule has 8 heteroatoms. The van der Waals surface area contributed by atoms with Crippen molar-refractivity contribution in [3.8, 4) is 11.4 Å². The van der Waals surface area contributed by atoms with Crippen LogP contribution in [-0.4, -0.2) is 32.8 Å². The Morgan fingerprint density at radius 2 is 1.76 bits per heavy atom. The summed E-state index contributed by atoms with van der Waals surface area (Å²) < 4.78 is 1.58. The predicted octanol–water partition coefficient (Wildman–Crippen LogP) is 4.12. The van der Waals surface area contributed by atoms with Crippen LogP contribution >= 0.6 is 0 Å². The van der Waals surface area contributed by atoms with E-state index in [4.69, 9.17) is 0 Å². The quantitative estimate of drug-likeness (QED) is 0.587. The molecule has 1 saturated carbocycles. The van der Waals surface area contributed by atoms with Crippen molar-refractivity contribution in [1.29, 1.82) is 0 Å². The lowest BCUT2D eigenvalue weighted by atomic mass is 10.1. The Kier molecular flexibility index (Phi) is 5.69. The van der Waals surface area contributed by atoms with Crippen molar-refractivity contribution >= 4 is 23.1 Å². The minimum absolute atomic E-state index is 0.301. The fraction of sp³-hybridized carbons (Fsp3) is 0.333. The Morgan fingerprint density at radius 3 is 2.48 bits per heavy atom. The molecule has 3 aromatic rings. The zero-order valence-electron chi connectivity index (χ0n) is 16.4. The Morgan fingerprint density at radius 1 is 1.03 bits per heavy atom. The summed E-state index contributed by atoms with van der Waals surface area (Å²) >= 11 is 0. The second-order valence-electron chi connectivity index (χ2n) is 7.39. The van der Waals surface area contributed by atoms with Crippen LogP contribution in [0.25, 0.3) is 11.4 Å². The van der Waals surface area contributed by atoms with Gasteiger partial charge in [-0.3, -0.25) is 0 Å². The van der Waals surface area contributed by atoms with Gasteiger partial charge in [0, 0.05) is 36.2 Å². The van der Waals surface area contributed by atoms with Crippen LogP contribution in [0.5, 0.6) is 0 Å². The molecular formula is C21H25N7O. The van der Waals surface area contributed by atoms with Crippen LogP contribution in [0.4, 0.5) is 21.9 Å². The number of nitrogens with zero attached hydrogens (tertiary/aromatic N) is 4. The van der Waals surface area contributed by atoms with Crippen molar-refractivity contribution in [2.45, 2.75) is 25.7 Å². The van der Waals surface area contributed by atoms with Crippen molar-refractivity contribution in [1.82, 2.24) is 20.2 Å². The molecule has 1 aromatic heterocycles. The number of tetrazole rings is 1. The second kappa shape index (κ2) is 8.72. The molecule has 1 fully saturated rings. The molecule has 3 N–H and O–H groups in total. The van der Waals surface area contributed by atoms with E-state index in [-0.39, 0.29) is 6.03 Å². The van der Waals surface area contributed by atoms with E-state index in [1.807, 2.05) is 48.5 Å². The maximum Gasteiger partial charge on any atom is 0.323 e. The molecule has 4 rings (SSSR count). The zero-order chi connectivity index (χ0) is 20.1. The highest BCUT2D eigenvalue weighted by Gasteiger charge is 2.14. The van der Waals surface area contributed by atoms with E-state index in [1.54, 1.807) is 11.7 Å². The molecule has 2 amide bonds. The Balaban J connectivity index is 1.32. The maximum atomic E-state index is 12.3. The average molecular weight is 391 g/mol. The van der Waals surface area contributed by atoms with Gasteiger partial charge in [-0.05, 0) is 65.6 Å². The normalized spacial score (nSPS) is 14.0. The fourth-order valence-corrected chi connectivity index (χ4v) is 3.65. The molecule has 8 nitrogen and oxygen atoms in total. The topological polar surface area (TPSA) is 96.8 Å². The Labute approximate surface area is 169 Å². The SMILES string of the molecule is Cn1nnnc1-c1cccc(NC(=O)Nc2ccc(NCC3CCCC3)cc2)c1. The molecule has 150 valence electrons. The van der Waals surface area contributed by atoms with Crippen LogP contribution in [-0.2, 0) is 7.05 Å². The molecule has 1 aliphatic carbocycles. The molecule has 0 unspecified atom stereocenters. The third-order valence-corrected chi connectivity index (χ3v) is 5.21. The van der Waals surface area contributed by atoms with Gasteiger partial charge in [-0.2, -0.15) is 0 Å². The van der Waals surface area contributed by atoms with Crippen molar-refractivity contribution in [3.05, 3.63) is 48.5 Å². The van der Waals surface area contributed by atoms with Gasteiger partial charge < -0.3 is 16.0 Å². The standard InChI is InChI=1S/C21H25N7O/c1-28-20(25-26-27-28)16-7-4-8-19(13-16)24-21(29)23-18-11-9-17(10-12-18)22-14-15-5-2-3-6-15/h4,7-13,15,22H,2-3,5-6,14H2,1H3,(H2,23,24,29). The van der Waals surface area contributed by atoms with E-state index in [2.05, 4.69) is 31.5 Å². The molecule has 2 aromatic carbocycles. The van der Waals surface area contributed by atoms with Crippen LogP contribution < -0.4 is 16.0 Å². The second-order valence-corrected chi connectivity index (χ2v) is 7.39. The summed E-state index contributed by atoms with van der Waals surface area (Å²) in [5, 5.41) is 20.7. The van der Waals surface area contributed by atoms with E-state index in [9.17, 15) is 4.79 Å². The number of amides is 2. The molecule has 0 radical (unpaired) electrons. The van der Waals surface area contributed by atoms with Crippen LogP contribution in [0.1, 0.15) is 25.7 Å². The lowest BCUT2D eigenvalue weighted by Gasteiger charge is -2.13. The van der Waals surface area contributed by atoms with Crippen molar-refractivity contribution < 1.29 is 4.79 Å². The number of urea groups is 1. The number of carbonyl (C=O) groups is 1. The van der Waals surface area contributed by atoms with E-state index < -0.39 is 0 Å². The molecule has 1 aliphatic rings. The van der Waals surface area contributed by atoms with Gasteiger partial charge >= 0.3 is 6.03 Å². The molecule has 1 heterocycles. The first-order valence-corrected chi connectivity index (χ1v) is 9.92. The summed E-state index contributed by atoms with van der Waals surface area (Å²) in [7, 11) is 1.77. The van der Waals surface area contributed by atoms with Gasteiger partial charge in [0.1, 0.15) is 0 Å². The molecule has 29 heavy (non-hydrogen) atoms. The smallest absolute Gasteiger partial charge is 0.323 e. The number of rotatable bonds is 6. The largest absolute Gasteiger partial charge is 0.385 e. The highest BCUT2D eigenvalue weighted by atomic mass is 16.2. The van der Waals surface area contributed by atoms with Crippen molar-refractivity contribution in [2.75, 3.05) is 22.5 Å². The predicted molar refractivity (Wildman–Crippen MR) is 114 cm³/mol. The zero-order valence-corrected chi connectivity index (χ0v) is 16.4. The summed E-state index contributed by atoms with van der Waals surface area (Å²) in [4.78, 5) is 12.3. The summed E-state index contributed by atoms with van der Waals surface area (Å²) in [5.74, 6) is 1.42. The average Bonchev–Trinajstić information content (AvgIpc) is 3.39. The van der Waals surface area contributed by atoms with Crippen molar-refractivity contribution in [2.24, 2.45) is 13.0 Å². The molecule has 0 atom stereocenters. The van der Waals surface area contributed by atoms with Crippen LogP contribution in [0.3, 0.4) is 0 Å². The van der Waals surface area contributed by atoms with Gasteiger partial charge in [0.05, 0.1) is 0 Å². The molecule has 0 bridgehead atoms. The number of benzene rings is 2. The van der Waals surface area contributed by atoms with E-state index in [1.165, 1.54) is 25.7 Å². The fourth-order valence-electron chi connectivity index (χ4n) is 3.65. The summed E-state index contributed by atoms with van der Waals surface area (Å²) in [5.41, 5.74) is 3.31. The summed E-state index contributed by atoms with van der Waals surface area (Å²) in [6.07, 6.45) is 5.34. The number of anilines is 3. The molecule has 0 saturated heterocycles. The number of carbonyl (C=O) groups excluding carboxylic acids is 1. The van der Waals surface area contributed by atoms with E-state index in [0.717, 1.165) is 29.4 Å². The highest BCUT2D eigenvalue weighted by molar-refractivity contribution is 6.00. The number of hydrogen-bond acceptors (Lipinski definition) is 5. The minimum atomic E-state index is -0.301. The first kappa shape index (κ1) is 18.9. The first-order valence-electron chi connectivity index (χ1n) is 9.92. The minimum Gasteiger partial charge on any atom is -0.385 e. The molecule has 0 aliphatic heterocycles. The van der Waals surface area contributed by atoms with Gasteiger partial charge in [-0.25, -0.2) is 9.48 Å². The third kappa shape index (κ3) is 4.90. The van der Waals surface area contributed by atoms with Gasteiger partial charge in [-0.15, -0.1) is 5.10 Å². The monoisotopic (exact) mass is 391 g/mol. The van der Waals surface area contributed by atoms with Crippen molar-refractivity contribution in [3.63, 3.8) is 0 Å². The molecule has 0 spiro atoms. The van der Waals surface area contributed by atoms with E-state index in [0.29, 0.717) is 11.5 Å². The lowest BCUT2D eigenvalue weighted by molar-refractivity contribution is 0.262.